The molecular weight excluding hydrogens is 438 g/mol. The number of imidazole rings is 1. The minimum atomic E-state index is -0.631. The molecule has 2 amide bonds. The molecule has 0 spiro atoms. The summed E-state index contributed by atoms with van der Waals surface area (Å²) in [4.78, 5) is 29.2. The van der Waals surface area contributed by atoms with Crippen LogP contribution in [0.2, 0.25) is 0 Å². The molecule has 0 atom stereocenters. The van der Waals surface area contributed by atoms with Gasteiger partial charge in [0.2, 0.25) is 0 Å². The maximum absolute atomic E-state index is 14.6. The molecule has 0 aliphatic carbocycles. The molecule has 0 fully saturated rings. The van der Waals surface area contributed by atoms with E-state index >= 15 is 0 Å². The van der Waals surface area contributed by atoms with Gasteiger partial charge in [0.25, 0.3) is 11.8 Å². The largest absolute Gasteiger partial charge is 0.348 e. The Labute approximate surface area is 195 Å². The van der Waals surface area contributed by atoms with Crippen LogP contribution in [0.1, 0.15) is 37.7 Å². The van der Waals surface area contributed by atoms with Crippen molar-refractivity contribution in [2.45, 2.75) is 20.4 Å². The Hall–Kier alpha value is -4.33. The molecule has 3 aromatic carbocycles. The van der Waals surface area contributed by atoms with Crippen molar-refractivity contribution in [2.24, 2.45) is 0 Å². The molecule has 0 aliphatic rings. The molecule has 34 heavy (non-hydrogen) atoms. The van der Waals surface area contributed by atoms with Crippen molar-refractivity contribution >= 4 is 17.5 Å². The predicted molar refractivity (Wildman–Crippen MR) is 125 cm³/mol. The van der Waals surface area contributed by atoms with Gasteiger partial charge in [0, 0.05) is 30.2 Å². The number of nitrogens with zero attached hydrogens (tertiary/aromatic N) is 2. The van der Waals surface area contributed by atoms with E-state index < -0.39 is 23.4 Å². The standard InChI is InChI=1S/C26H22F2N4O2/c1-16-7-9-19(14-23(16)31-26(34)20-5-3-4-6-21(20)27)25(33)30-15-18-8-10-24(22(28)13-18)32-12-11-29-17(32)2/h3-14H,15H2,1-2H3,(H,30,33)(H,31,34). The van der Waals surface area contributed by atoms with Crippen molar-refractivity contribution in [3.05, 3.63) is 113 Å². The Morgan fingerprint density at radius 1 is 0.941 bits per heavy atom. The van der Waals surface area contributed by atoms with Crippen LogP contribution in [0.15, 0.2) is 73.1 Å². The Bertz CT molecular complexity index is 1380. The molecule has 6 nitrogen and oxygen atoms in total. The highest BCUT2D eigenvalue weighted by Crippen LogP contribution is 2.20. The van der Waals surface area contributed by atoms with Crippen molar-refractivity contribution in [1.29, 1.82) is 0 Å². The zero-order valence-electron chi connectivity index (χ0n) is 18.6. The number of amides is 2. The molecule has 8 heteroatoms. The first-order chi connectivity index (χ1) is 16.3. The van der Waals surface area contributed by atoms with Gasteiger partial charge in [-0.3, -0.25) is 9.59 Å². The quantitative estimate of drug-likeness (QED) is 0.428. The Balaban J connectivity index is 1.45. The molecule has 0 aliphatic heterocycles. The fourth-order valence-electron chi connectivity index (χ4n) is 3.51. The van der Waals surface area contributed by atoms with E-state index in [1.807, 2.05) is 0 Å². The van der Waals surface area contributed by atoms with Crippen LogP contribution < -0.4 is 10.6 Å². The summed E-state index contributed by atoms with van der Waals surface area (Å²) in [5.41, 5.74) is 2.29. The summed E-state index contributed by atoms with van der Waals surface area (Å²) >= 11 is 0. The van der Waals surface area contributed by atoms with E-state index in [2.05, 4.69) is 15.6 Å². The van der Waals surface area contributed by atoms with E-state index in [1.165, 1.54) is 30.3 Å². The summed E-state index contributed by atoms with van der Waals surface area (Å²) in [5, 5.41) is 5.40. The van der Waals surface area contributed by atoms with Gasteiger partial charge in [-0.25, -0.2) is 13.8 Å². The SMILES string of the molecule is Cc1ccc(C(=O)NCc2ccc(-n3ccnc3C)c(F)c2)cc1NC(=O)c1ccccc1F. The van der Waals surface area contributed by atoms with Crippen LogP contribution in [0.25, 0.3) is 5.69 Å². The molecular formula is C26H22F2N4O2. The molecule has 0 saturated carbocycles. The van der Waals surface area contributed by atoms with E-state index in [1.54, 1.807) is 61.1 Å². The van der Waals surface area contributed by atoms with Gasteiger partial charge in [-0.05, 0) is 61.4 Å². The van der Waals surface area contributed by atoms with E-state index in [4.69, 9.17) is 0 Å². The van der Waals surface area contributed by atoms with Crippen LogP contribution in [-0.2, 0) is 6.54 Å². The van der Waals surface area contributed by atoms with Gasteiger partial charge in [0.1, 0.15) is 17.5 Å². The second-order valence-electron chi connectivity index (χ2n) is 7.78. The number of halogens is 2. The number of aryl methyl sites for hydroxylation is 2. The smallest absolute Gasteiger partial charge is 0.258 e. The minimum Gasteiger partial charge on any atom is -0.348 e. The molecule has 0 unspecified atom stereocenters. The normalized spacial score (nSPS) is 10.7. The van der Waals surface area contributed by atoms with Crippen LogP contribution in [0, 0.1) is 25.5 Å². The second kappa shape index (κ2) is 9.66. The molecule has 0 bridgehead atoms. The first-order valence-corrected chi connectivity index (χ1v) is 10.6. The lowest BCUT2D eigenvalue weighted by atomic mass is 10.1. The number of hydrogen-bond acceptors (Lipinski definition) is 3. The van der Waals surface area contributed by atoms with E-state index in [9.17, 15) is 18.4 Å². The molecule has 0 saturated heterocycles. The zero-order chi connectivity index (χ0) is 24.2. The summed E-state index contributed by atoms with van der Waals surface area (Å²) in [7, 11) is 0. The summed E-state index contributed by atoms with van der Waals surface area (Å²) in [6, 6.07) is 15.2. The number of carbonyl (C=O) groups excluding carboxylic acids is 2. The molecule has 2 N–H and O–H groups in total. The third-order valence-electron chi connectivity index (χ3n) is 5.42. The van der Waals surface area contributed by atoms with Gasteiger partial charge in [0.05, 0.1) is 11.3 Å². The molecule has 1 heterocycles. The monoisotopic (exact) mass is 460 g/mol. The highest BCUT2D eigenvalue weighted by Gasteiger charge is 2.15. The van der Waals surface area contributed by atoms with Gasteiger partial charge in [-0.2, -0.15) is 0 Å². The summed E-state index contributed by atoms with van der Waals surface area (Å²) in [6.07, 6.45) is 3.27. The third kappa shape index (κ3) is 4.85. The molecule has 1 aromatic heterocycles. The first-order valence-electron chi connectivity index (χ1n) is 10.6. The predicted octanol–water partition coefficient (Wildman–Crippen LogP) is 4.95. The van der Waals surface area contributed by atoms with Crippen molar-refractivity contribution in [2.75, 3.05) is 5.32 Å². The lowest BCUT2D eigenvalue weighted by Crippen LogP contribution is -2.23. The number of carbonyl (C=O) groups is 2. The lowest BCUT2D eigenvalue weighted by Gasteiger charge is -2.12. The van der Waals surface area contributed by atoms with Crippen molar-refractivity contribution in [3.8, 4) is 5.69 Å². The van der Waals surface area contributed by atoms with Crippen LogP contribution in [-0.4, -0.2) is 21.4 Å². The molecule has 0 radical (unpaired) electrons. The summed E-state index contributed by atoms with van der Waals surface area (Å²) < 4.78 is 30.1. The summed E-state index contributed by atoms with van der Waals surface area (Å²) in [5.74, 6) is -1.40. The number of benzene rings is 3. The maximum Gasteiger partial charge on any atom is 0.258 e. The fourth-order valence-corrected chi connectivity index (χ4v) is 3.51. The molecule has 4 aromatic rings. The number of nitrogens with one attached hydrogen (secondary N) is 2. The lowest BCUT2D eigenvalue weighted by molar-refractivity contribution is 0.0949. The molecule has 4 rings (SSSR count). The highest BCUT2D eigenvalue weighted by molar-refractivity contribution is 6.05. The van der Waals surface area contributed by atoms with Gasteiger partial charge >= 0.3 is 0 Å². The van der Waals surface area contributed by atoms with E-state index in [0.29, 0.717) is 33.9 Å². The topological polar surface area (TPSA) is 76.0 Å². The van der Waals surface area contributed by atoms with Gasteiger partial charge < -0.3 is 15.2 Å². The van der Waals surface area contributed by atoms with Crippen molar-refractivity contribution < 1.29 is 18.4 Å². The number of anilines is 1. The molecule has 172 valence electrons. The number of rotatable bonds is 6. The van der Waals surface area contributed by atoms with Gasteiger partial charge in [0.15, 0.2) is 0 Å². The first kappa shape index (κ1) is 22.8. The average molecular weight is 460 g/mol. The van der Waals surface area contributed by atoms with Crippen LogP contribution in [0.4, 0.5) is 14.5 Å². The Morgan fingerprint density at radius 2 is 1.74 bits per heavy atom. The Morgan fingerprint density at radius 3 is 2.44 bits per heavy atom. The average Bonchev–Trinajstić information content (AvgIpc) is 3.24. The van der Waals surface area contributed by atoms with Crippen molar-refractivity contribution in [3.63, 3.8) is 0 Å². The minimum absolute atomic E-state index is 0.0897. The van der Waals surface area contributed by atoms with Gasteiger partial charge in [-0.1, -0.05) is 24.3 Å². The van der Waals surface area contributed by atoms with Gasteiger partial charge in [-0.15, -0.1) is 0 Å². The second-order valence-corrected chi connectivity index (χ2v) is 7.78. The number of hydrogen-bond donors (Lipinski definition) is 2. The van der Waals surface area contributed by atoms with Crippen LogP contribution in [0.5, 0.6) is 0 Å². The highest BCUT2D eigenvalue weighted by atomic mass is 19.1. The van der Waals surface area contributed by atoms with E-state index in [0.717, 1.165) is 0 Å². The van der Waals surface area contributed by atoms with E-state index in [-0.39, 0.29) is 12.1 Å². The summed E-state index contributed by atoms with van der Waals surface area (Å²) in [6.45, 7) is 3.66. The van der Waals surface area contributed by atoms with Crippen LogP contribution in [0.3, 0.4) is 0 Å². The fraction of sp³-hybridized carbons (Fsp3) is 0.115. The van der Waals surface area contributed by atoms with Crippen molar-refractivity contribution in [1.82, 2.24) is 14.9 Å². The number of aromatic nitrogens is 2. The third-order valence-corrected chi connectivity index (χ3v) is 5.42. The van der Waals surface area contributed by atoms with Crippen LogP contribution >= 0.6 is 0 Å². The zero-order valence-corrected chi connectivity index (χ0v) is 18.6. The maximum atomic E-state index is 14.6. The Kier molecular flexibility index (Phi) is 6.49.